The van der Waals surface area contributed by atoms with E-state index in [9.17, 15) is 19.2 Å². The molecule has 2 aromatic rings. The smallest absolute Gasteiger partial charge is 0.326 e. The van der Waals surface area contributed by atoms with Gasteiger partial charge in [-0.15, -0.1) is 0 Å². The van der Waals surface area contributed by atoms with Crippen LogP contribution in [0.1, 0.15) is 41.3 Å². The van der Waals surface area contributed by atoms with E-state index in [1.807, 2.05) is 37.3 Å². The summed E-state index contributed by atoms with van der Waals surface area (Å²) in [5.74, 6) is -2.15. The van der Waals surface area contributed by atoms with Crippen LogP contribution in [0, 0.1) is 0 Å². The lowest BCUT2D eigenvalue weighted by Gasteiger charge is -2.26. The van der Waals surface area contributed by atoms with Crippen LogP contribution in [0.4, 0.5) is 0 Å². The van der Waals surface area contributed by atoms with Crippen LogP contribution >= 0.6 is 0 Å². The minimum atomic E-state index is -1.04. The van der Waals surface area contributed by atoms with Crippen molar-refractivity contribution in [1.82, 2.24) is 10.2 Å². The van der Waals surface area contributed by atoms with Gasteiger partial charge in [0.25, 0.3) is 11.8 Å². The molecule has 0 aromatic heterocycles. The lowest BCUT2D eigenvalue weighted by atomic mass is 9.98. The van der Waals surface area contributed by atoms with Crippen molar-refractivity contribution >= 4 is 23.7 Å². The van der Waals surface area contributed by atoms with Gasteiger partial charge in [-0.3, -0.25) is 24.1 Å². The zero-order chi connectivity index (χ0) is 21.7. The number of nitrogens with zero attached hydrogens (tertiary/aromatic N) is 1. The lowest BCUT2D eigenvalue weighted by molar-refractivity contribution is -0.156. The molecule has 30 heavy (non-hydrogen) atoms. The second kappa shape index (κ2) is 9.35. The molecule has 0 saturated heterocycles. The van der Waals surface area contributed by atoms with Gasteiger partial charge in [0.05, 0.1) is 6.42 Å². The number of ether oxygens (including phenoxy) is 1. The van der Waals surface area contributed by atoms with E-state index < -0.39 is 36.3 Å². The number of carbonyl (C=O) groups excluding carboxylic acids is 4. The van der Waals surface area contributed by atoms with Gasteiger partial charge in [0.2, 0.25) is 5.91 Å². The second-order valence-electron chi connectivity index (χ2n) is 7.31. The van der Waals surface area contributed by atoms with Gasteiger partial charge in [0, 0.05) is 12.1 Å². The molecule has 2 atom stereocenters. The molecule has 0 radical (unpaired) electrons. The highest BCUT2D eigenvalue weighted by atomic mass is 16.5. The van der Waals surface area contributed by atoms with Crippen molar-refractivity contribution < 1.29 is 23.9 Å². The summed E-state index contributed by atoms with van der Waals surface area (Å²) in [6.45, 7) is 3.31. The van der Waals surface area contributed by atoms with Gasteiger partial charge < -0.3 is 10.1 Å². The molecule has 7 heteroatoms. The van der Waals surface area contributed by atoms with Crippen molar-refractivity contribution in [2.24, 2.45) is 0 Å². The van der Waals surface area contributed by atoms with Crippen LogP contribution in [-0.4, -0.2) is 47.8 Å². The molecule has 156 valence electrons. The number of amides is 3. The number of fused-ring (bicyclic) bond motifs is 1. The summed E-state index contributed by atoms with van der Waals surface area (Å²) < 4.78 is 5.14. The standard InChI is InChI=1S/C23H24N2O5/c1-15(17-8-4-3-5-9-17)13-24-22(28)16(2)30-21(27)14-25-20(26)12-18-10-6-7-11-19(18)23(25)29/h3-11,15-16H,12-14H2,1-2H3,(H,24,28)/t15-,16-/m1/s1. The van der Waals surface area contributed by atoms with Crippen molar-refractivity contribution in [1.29, 1.82) is 0 Å². The molecule has 1 heterocycles. The van der Waals surface area contributed by atoms with E-state index in [1.165, 1.54) is 6.92 Å². The van der Waals surface area contributed by atoms with Crippen LogP contribution in [0.5, 0.6) is 0 Å². The Morgan fingerprint density at radius 1 is 1.03 bits per heavy atom. The minimum absolute atomic E-state index is 0.0443. The average molecular weight is 408 g/mol. The fourth-order valence-corrected chi connectivity index (χ4v) is 3.27. The monoisotopic (exact) mass is 408 g/mol. The third-order valence-electron chi connectivity index (χ3n) is 5.05. The number of rotatable bonds is 7. The Morgan fingerprint density at radius 2 is 1.70 bits per heavy atom. The van der Waals surface area contributed by atoms with Gasteiger partial charge in [0.15, 0.2) is 6.10 Å². The average Bonchev–Trinajstić information content (AvgIpc) is 2.75. The molecule has 1 N–H and O–H groups in total. The summed E-state index contributed by atoms with van der Waals surface area (Å²) in [7, 11) is 0. The lowest BCUT2D eigenvalue weighted by Crippen LogP contribution is -2.46. The predicted molar refractivity (Wildman–Crippen MR) is 110 cm³/mol. The van der Waals surface area contributed by atoms with E-state index >= 15 is 0 Å². The molecule has 0 saturated carbocycles. The first-order chi connectivity index (χ1) is 14.4. The fourth-order valence-electron chi connectivity index (χ4n) is 3.27. The number of esters is 1. The molecule has 0 bridgehead atoms. The number of hydrogen-bond acceptors (Lipinski definition) is 5. The summed E-state index contributed by atoms with van der Waals surface area (Å²) in [6.07, 6.45) is -0.995. The van der Waals surface area contributed by atoms with Crippen molar-refractivity contribution in [2.75, 3.05) is 13.1 Å². The Morgan fingerprint density at radius 3 is 2.43 bits per heavy atom. The van der Waals surface area contributed by atoms with E-state index in [0.717, 1.165) is 10.5 Å². The molecule has 0 unspecified atom stereocenters. The maximum atomic E-state index is 12.5. The third-order valence-corrected chi connectivity index (χ3v) is 5.05. The molecule has 0 aliphatic carbocycles. The molecule has 1 aliphatic heterocycles. The number of benzene rings is 2. The van der Waals surface area contributed by atoms with Crippen LogP contribution in [-0.2, 0) is 25.5 Å². The molecule has 7 nitrogen and oxygen atoms in total. The normalized spacial score (nSPS) is 15.2. The van der Waals surface area contributed by atoms with Crippen molar-refractivity contribution in [3.05, 3.63) is 71.3 Å². The Bertz CT molecular complexity index is 957. The second-order valence-corrected chi connectivity index (χ2v) is 7.31. The highest BCUT2D eigenvalue weighted by Crippen LogP contribution is 2.19. The van der Waals surface area contributed by atoms with Crippen molar-refractivity contribution in [3.8, 4) is 0 Å². The highest BCUT2D eigenvalue weighted by Gasteiger charge is 2.33. The molecule has 0 fully saturated rings. The Kier molecular flexibility index (Phi) is 6.61. The highest BCUT2D eigenvalue weighted by molar-refractivity contribution is 6.11. The van der Waals surface area contributed by atoms with Crippen LogP contribution in [0.3, 0.4) is 0 Å². The maximum Gasteiger partial charge on any atom is 0.326 e. The first-order valence-corrected chi connectivity index (χ1v) is 9.81. The summed E-state index contributed by atoms with van der Waals surface area (Å²) in [6, 6.07) is 16.5. The first-order valence-electron chi connectivity index (χ1n) is 9.81. The quantitative estimate of drug-likeness (QED) is 0.559. The van der Waals surface area contributed by atoms with Gasteiger partial charge in [0.1, 0.15) is 6.54 Å². The molecule has 3 rings (SSSR count). The minimum Gasteiger partial charge on any atom is -0.451 e. The maximum absolute atomic E-state index is 12.5. The number of hydrogen-bond donors (Lipinski definition) is 1. The summed E-state index contributed by atoms with van der Waals surface area (Å²) >= 11 is 0. The van der Waals surface area contributed by atoms with Crippen LogP contribution in [0.25, 0.3) is 0 Å². The van der Waals surface area contributed by atoms with Crippen LogP contribution in [0.2, 0.25) is 0 Å². The fraction of sp³-hybridized carbons (Fsp3) is 0.304. The van der Waals surface area contributed by atoms with E-state index in [2.05, 4.69) is 5.32 Å². The SMILES string of the molecule is C[C@H](CNC(=O)[C@@H](C)OC(=O)CN1C(=O)Cc2ccccc2C1=O)c1ccccc1. The molecule has 1 aliphatic rings. The number of imide groups is 1. The van der Waals surface area contributed by atoms with Crippen LogP contribution < -0.4 is 5.32 Å². The molecule has 2 aromatic carbocycles. The number of carbonyl (C=O) groups is 4. The third kappa shape index (κ3) is 4.92. The van der Waals surface area contributed by atoms with E-state index in [4.69, 9.17) is 4.74 Å². The summed E-state index contributed by atoms with van der Waals surface area (Å²) in [5, 5.41) is 2.76. The molecule has 0 spiro atoms. The van der Waals surface area contributed by atoms with Gasteiger partial charge in [-0.25, -0.2) is 0 Å². The van der Waals surface area contributed by atoms with Crippen LogP contribution in [0.15, 0.2) is 54.6 Å². The summed E-state index contributed by atoms with van der Waals surface area (Å²) in [5.41, 5.74) is 2.12. The number of nitrogens with one attached hydrogen (secondary N) is 1. The zero-order valence-corrected chi connectivity index (χ0v) is 17.0. The Balaban J connectivity index is 1.51. The molecular weight excluding hydrogens is 384 g/mol. The van der Waals surface area contributed by atoms with Crippen molar-refractivity contribution in [3.63, 3.8) is 0 Å². The molecular formula is C23H24N2O5. The van der Waals surface area contributed by atoms with E-state index in [0.29, 0.717) is 17.7 Å². The van der Waals surface area contributed by atoms with Gasteiger partial charge >= 0.3 is 5.97 Å². The Labute approximate surface area is 175 Å². The van der Waals surface area contributed by atoms with Gasteiger partial charge in [-0.1, -0.05) is 55.5 Å². The molecule has 3 amide bonds. The first kappa shape index (κ1) is 21.2. The van der Waals surface area contributed by atoms with E-state index in [-0.39, 0.29) is 12.3 Å². The van der Waals surface area contributed by atoms with Gasteiger partial charge in [-0.05, 0) is 30.0 Å². The van der Waals surface area contributed by atoms with E-state index in [1.54, 1.807) is 24.3 Å². The summed E-state index contributed by atoms with van der Waals surface area (Å²) in [4.78, 5) is 50.1. The van der Waals surface area contributed by atoms with Crippen molar-refractivity contribution in [2.45, 2.75) is 32.3 Å². The Hall–Kier alpha value is -3.48. The zero-order valence-electron chi connectivity index (χ0n) is 17.0. The van der Waals surface area contributed by atoms with Gasteiger partial charge in [-0.2, -0.15) is 0 Å². The topological polar surface area (TPSA) is 92.8 Å². The predicted octanol–water partition coefficient (Wildman–Crippen LogP) is 2.06. The largest absolute Gasteiger partial charge is 0.451 e.